The normalized spacial score (nSPS) is 24.2. The second-order valence-corrected chi connectivity index (χ2v) is 19.9. The Balaban J connectivity index is 0.771. The highest BCUT2D eigenvalue weighted by atomic mass is 19.1. The van der Waals surface area contributed by atoms with E-state index in [-0.39, 0.29) is 64.1 Å². The number of amides is 2. The smallest absolute Gasteiger partial charge is 0.319 e. The van der Waals surface area contributed by atoms with E-state index >= 15 is 17.6 Å². The van der Waals surface area contributed by atoms with Gasteiger partial charge in [-0.2, -0.15) is 9.97 Å². The number of nitrogens with one attached hydrogen (secondary N) is 1. The number of fused-ring (bicyclic) bond motifs is 2. The van der Waals surface area contributed by atoms with E-state index in [1.54, 1.807) is 12.3 Å². The second kappa shape index (κ2) is 18.2. The summed E-state index contributed by atoms with van der Waals surface area (Å²) in [6, 6.07) is 8.53. The molecule has 5 aliphatic heterocycles. The van der Waals surface area contributed by atoms with Gasteiger partial charge in [0, 0.05) is 107 Å². The van der Waals surface area contributed by atoms with Crippen molar-refractivity contribution in [3.05, 3.63) is 77.0 Å². The number of rotatable bonds is 12. The van der Waals surface area contributed by atoms with Gasteiger partial charge in [0.15, 0.2) is 5.82 Å². The molecule has 69 heavy (non-hydrogen) atoms. The van der Waals surface area contributed by atoms with Crippen LogP contribution in [0.2, 0.25) is 0 Å². The number of aromatic hydroxyl groups is 1. The summed E-state index contributed by atoms with van der Waals surface area (Å²) in [6.45, 7) is 10.2. The number of morpholine rings is 1. The monoisotopic (exact) mass is 952 g/mol. The van der Waals surface area contributed by atoms with Crippen LogP contribution in [0.5, 0.6) is 11.8 Å². The van der Waals surface area contributed by atoms with Crippen LogP contribution in [0.3, 0.4) is 0 Å². The number of phenols is 1. The van der Waals surface area contributed by atoms with Crippen LogP contribution in [-0.2, 0) is 25.5 Å². The third-order valence-electron chi connectivity index (χ3n) is 15.3. The lowest BCUT2D eigenvalue weighted by Crippen LogP contribution is -2.56. The largest absolute Gasteiger partial charge is 0.508 e. The minimum Gasteiger partial charge on any atom is -0.508 e. The molecular weight excluding hydrogens is 897 g/mol. The first-order chi connectivity index (χ1) is 33.4. The predicted octanol–water partition coefficient (Wildman–Crippen LogP) is 6.63. The zero-order valence-corrected chi connectivity index (χ0v) is 38.7. The molecule has 364 valence electrons. The average molecular weight is 953 g/mol. The summed E-state index contributed by atoms with van der Waals surface area (Å²) in [6.07, 6.45) is 6.63. The van der Waals surface area contributed by atoms with Crippen molar-refractivity contribution in [2.75, 3.05) is 95.1 Å². The molecule has 5 saturated heterocycles. The predicted molar refractivity (Wildman–Crippen MR) is 249 cm³/mol. The Morgan fingerprint density at radius 2 is 1.70 bits per heavy atom. The van der Waals surface area contributed by atoms with Gasteiger partial charge in [0.1, 0.15) is 40.2 Å². The highest BCUT2D eigenvalue weighted by Crippen LogP contribution is 2.47. The summed E-state index contributed by atoms with van der Waals surface area (Å²) < 4.78 is 81.9. The molecule has 2 amide bonds. The number of phenolic OH excluding ortho intramolecular Hbond substituents is 1. The highest BCUT2D eigenvalue weighted by molar-refractivity contribution is 6.02. The van der Waals surface area contributed by atoms with Crippen LogP contribution in [0.25, 0.3) is 32.9 Å². The maximum Gasteiger partial charge on any atom is 0.319 e. The molecule has 2 N–H and O–H groups in total. The van der Waals surface area contributed by atoms with Crippen molar-refractivity contribution in [1.29, 1.82) is 0 Å². The van der Waals surface area contributed by atoms with E-state index in [1.165, 1.54) is 30.3 Å². The Morgan fingerprint density at radius 3 is 2.42 bits per heavy atom. The Labute approximate surface area is 396 Å². The fourth-order valence-corrected chi connectivity index (χ4v) is 11.3. The molecule has 6 aliphatic rings. The molecule has 14 nitrogen and oxygen atoms in total. The number of aromatic nitrogens is 3. The minimum absolute atomic E-state index is 0.0313. The number of anilines is 2. The van der Waals surface area contributed by atoms with Crippen LogP contribution in [0.1, 0.15) is 68.9 Å². The summed E-state index contributed by atoms with van der Waals surface area (Å²) in [5.74, 6) is -4.43. The van der Waals surface area contributed by atoms with Crippen LogP contribution in [0.4, 0.5) is 29.1 Å². The van der Waals surface area contributed by atoms with Gasteiger partial charge in [0.25, 0.3) is 0 Å². The molecule has 1 unspecified atom stereocenters. The third kappa shape index (κ3) is 8.93. The van der Waals surface area contributed by atoms with Crippen molar-refractivity contribution in [1.82, 2.24) is 30.1 Å². The molecule has 0 bridgehead atoms. The summed E-state index contributed by atoms with van der Waals surface area (Å²) >= 11 is 0. The number of carbonyl (C=O) groups is 2. The maximum atomic E-state index is 17.2. The van der Waals surface area contributed by atoms with Crippen LogP contribution in [0, 0.1) is 28.7 Å². The van der Waals surface area contributed by atoms with E-state index in [0.717, 1.165) is 51.7 Å². The van der Waals surface area contributed by atoms with Gasteiger partial charge >= 0.3 is 6.01 Å². The number of benzene rings is 3. The van der Waals surface area contributed by atoms with Gasteiger partial charge < -0.3 is 29.1 Å². The zero-order valence-electron chi connectivity index (χ0n) is 38.7. The van der Waals surface area contributed by atoms with Crippen molar-refractivity contribution in [2.45, 2.75) is 75.9 Å². The maximum absolute atomic E-state index is 17.2. The van der Waals surface area contributed by atoms with Gasteiger partial charge in [-0.25, -0.2) is 17.6 Å². The quantitative estimate of drug-likeness (QED) is 0.102. The minimum atomic E-state index is -1.04. The Hall–Kier alpha value is -5.69. The number of carbonyl (C=O) groups excluding carboxylic acids is 2. The van der Waals surface area contributed by atoms with E-state index < -0.39 is 41.0 Å². The number of hydrogen-bond donors (Lipinski definition) is 2. The van der Waals surface area contributed by atoms with Crippen LogP contribution >= 0.6 is 0 Å². The van der Waals surface area contributed by atoms with Gasteiger partial charge in [-0.05, 0) is 85.2 Å². The number of ether oxygens (including phenoxy) is 3. The van der Waals surface area contributed by atoms with Crippen molar-refractivity contribution in [3.63, 3.8) is 0 Å². The molecule has 1 saturated carbocycles. The Bertz CT molecular complexity index is 2810. The van der Waals surface area contributed by atoms with Crippen LogP contribution < -0.4 is 19.9 Å². The topological polar surface area (TPSA) is 146 Å². The first-order valence-electron chi connectivity index (χ1n) is 24.3. The first kappa shape index (κ1) is 45.7. The number of halogens is 4. The summed E-state index contributed by atoms with van der Waals surface area (Å²) in [4.78, 5) is 47.0. The molecule has 1 aliphatic carbocycles. The standard InChI is InChI=1S/C51H56F4N8O6/c1-2-34-38(52)6-4-30-20-32(64)23-36(42(30)34)45-44(55)46-37(24-56-45)47(63-12-3-8-51(28-63)11-18-69-51)59-49(58-46)68-29-50(9-10-50)27-61-17-19-67-33(26-61)25-60-13-15-62(16-14-60)31-21-39(53)43(40(54)22-31)35-5-7-41(65)57-48(35)66/h4,6,20-24,33,35,64H,2-3,5,7-19,25-29H2,1H3,(H,57,65,66)/t33-,35?,51+/m1/s1. The lowest BCUT2D eigenvalue weighted by atomic mass is 9.86. The molecule has 18 heteroatoms. The SMILES string of the molecule is CCc1c(F)ccc2cc(O)cc(-c3ncc4c(N5CCC[C@]6(CCO6)C5)nc(OCC5(CN6CCO[C@H](CN7CCN(c8cc(F)c(C9CCC(=O)NC9=O)c(F)c8)CC7)C6)CC5)nc4c3F)c12. The number of aryl methyl sites for hydroxylation is 1. The summed E-state index contributed by atoms with van der Waals surface area (Å²) in [7, 11) is 0. The molecule has 2 aromatic heterocycles. The second-order valence-electron chi connectivity index (χ2n) is 19.9. The van der Waals surface area contributed by atoms with Crippen molar-refractivity contribution in [3.8, 4) is 23.0 Å². The van der Waals surface area contributed by atoms with E-state index in [9.17, 15) is 14.7 Å². The molecule has 11 rings (SSSR count). The highest BCUT2D eigenvalue weighted by Gasteiger charge is 2.47. The van der Waals surface area contributed by atoms with E-state index in [2.05, 4.69) is 25.0 Å². The number of piperidine rings is 2. The number of pyridine rings is 1. The zero-order chi connectivity index (χ0) is 47.6. The number of imide groups is 1. The number of nitrogens with zero attached hydrogens (tertiary/aromatic N) is 7. The molecule has 3 atom stereocenters. The van der Waals surface area contributed by atoms with Crippen LogP contribution in [-0.4, -0.2) is 139 Å². The lowest BCUT2D eigenvalue weighted by Gasteiger charge is -2.48. The fraction of sp³-hybridized carbons (Fsp3) is 0.510. The molecular formula is C51H56F4N8O6. The molecule has 0 radical (unpaired) electrons. The van der Waals surface area contributed by atoms with Crippen molar-refractivity contribution >= 4 is 45.0 Å². The molecule has 1 spiro atoms. The Kier molecular flexibility index (Phi) is 12.1. The molecule has 3 aromatic carbocycles. The van der Waals surface area contributed by atoms with Gasteiger partial charge in [-0.15, -0.1) is 0 Å². The average Bonchev–Trinajstić information content (AvgIpc) is 4.10. The number of hydrogen-bond acceptors (Lipinski definition) is 13. The van der Waals surface area contributed by atoms with E-state index in [0.29, 0.717) is 105 Å². The van der Waals surface area contributed by atoms with Gasteiger partial charge in [0.2, 0.25) is 11.8 Å². The van der Waals surface area contributed by atoms with Gasteiger partial charge in [-0.1, -0.05) is 13.0 Å². The lowest BCUT2D eigenvalue weighted by molar-refractivity contribution is -0.151. The van der Waals surface area contributed by atoms with Crippen molar-refractivity contribution < 1.29 is 46.5 Å². The molecule has 7 heterocycles. The molecule has 6 fully saturated rings. The summed E-state index contributed by atoms with van der Waals surface area (Å²) in [5.41, 5.74) is 0.355. The van der Waals surface area contributed by atoms with Gasteiger partial charge in [-0.3, -0.25) is 29.7 Å². The number of piperazine rings is 1. The van der Waals surface area contributed by atoms with Crippen LogP contribution in [0.15, 0.2) is 42.6 Å². The van der Waals surface area contributed by atoms with E-state index in [4.69, 9.17) is 24.2 Å². The van der Waals surface area contributed by atoms with E-state index in [1.807, 2.05) is 11.8 Å². The first-order valence-corrected chi connectivity index (χ1v) is 24.3. The summed E-state index contributed by atoms with van der Waals surface area (Å²) in [5, 5.41) is 14.4. The van der Waals surface area contributed by atoms with Crippen molar-refractivity contribution in [2.24, 2.45) is 5.41 Å². The molecule has 5 aromatic rings. The Morgan fingerprint density at radius 1 is 0.899 bits per heavy atom. The van der Waals surface area contributed by atoms with Gasteiger partial charge in [0.05, 0.1) is 42.8 Å². The third-order valence-corrected chi connectivity index (χ3v) is 15.3. The fourth-order valence-electron chi connectivity index (χ4n) is 11.3.